The molecule has 0 saturated carbocycles. The van der Waals surface area contributed by atoms with Crippen molar-refractivity contribution in [2.75, 3.05) is 0 Å². The molecule has 2 aromatic heterocycles. The van der Waals surface area contributed by atoms with Crippen molar-refractivity contribution in [2.24, 2.45) is 0 Å². The summed E-state index contributed by atoms with van der Waals surface area (Å²) < 4.78 is 1.24. The molecule has 0 saturated heterocycles. The number of hydrogen-bond acceptors (Lipinski definition) is 5. The molecule has 160 valence electrons. The zero-order chi connectivity index (χ0) is 22.8. The standard InChI is InChI=1S/C22H15ClN4O4S/c23-15-5-1-12(2-6-15)10-25-19(28)13-3-7-16-17(9-13)26-22(32)27(20(16)29)18-8-4-14(11-24-18)21(30)31/h1-9,11H,10H2,(H,25,28)(H,26,32)(H,30,31). The van der Waals surface area contributed by atoms with E-state index in [2.05, 4.69) is 15.3 Å². The van der Waals surface area contributed by atoms with Gasteiger partial charge >= 0.3 is 5.97 Å². The van der Waals surface area contributed by atoms with Gasteiger partial charge in [0.05, 0.1) is 16.5 Å². The molecule has 0 bridgehead atoms. The second kappa shape index (κ2) is 8.74. The fraction of sp³-hybridized carbons (Fsp3) is 0.0455. The number of H-pyrrole nitrogens is 1. The molecular weight excluding hydrogens is 452 g/mol. The summed E-state index contributed by atoms with van der Waals surface area (Å²) in [5.41, 5.74) is 1.21. The Morgan fingerprint density at radius 2 is 1.81 bits per heavy atom. The quantitative estimate of drug-likeness (QED) is 0.386. The third-order valence-electron chi connectivity index (χ3n) is 4.75. The van der Waals surface area contributed by atoms with Crippen molar-refractivity contribution < 1.29 is 14.7 Å². The van der Waals surface area contributed by atoms with Crippen molar-refractivity contribution >= 4 is 46.6 Å². The SMILES string of the molecule is O=C(O)c1ccc(-n2c(=S)[nH]c3cc(C(=O)NCc4ccc(Cl)cc4)ccc3c2=O)nc1. The van der Waals surface area contributed by atoms with E-state index < -0.39 is 11.5 Å². The molecule has 0 atom stereocenters. The van der Waals surface area contributed by atoms with Crippen LogP contribution in [0.15, 0.2) is 65.6 Å². The minimum Gasteiger partial charge on any atom is -0.478 e. The molecule has 1 amide bonds. The summed E-state index contributed by atoms with van der Waals surface area (Å²) in [6, 6.07) is 14.5. The summed E-state index contributed by atoms with van der Waals surface area (Å²) in [4.78, 5) is 43.5. The lowest BCUT2D eigenvalue weighted by Crippen LogP contribution is -2.24. The van der Waals surface area contributed by atoms with Gasteiger partial charge < -0.3 is 15.4 Å². The number of aromatic amines is 1. The van der Waals surface area contributed by atoms with Gasteiger partial charge in [-0.15, -0.1) is 0 Å². The summed E-state index contributed by atoms with van der Waals surface area (Å²) in [5, 5.41) is 12.7. The zero-order valence-corrected chi connectivity index (χ0v) is 17.9. The van der Waals surface area contributed by atoms with Gasteiger partial charge in [-0.05, 0) is 60.2 Å². The highest BCUT2D eigenvalue weighted by Crippen LogP contribution is 2.14. The Hall–Kier alpha value is -3.82. The Bertz CT molecular complexity index is 1460. The molecule has 0 fully saturated rings. The third kappa shape index (κ3) is 4.29. The van der Waals surface area contributed by atoms with Crippen LogP contribution >= 0.6 is 23.8 Å². The number of amides is 1. The normalized spacial score (nSPS) is 10.8. The smallest absolute Gasteiger partial charge is 0.337 e. The highest BCUT2D eigenvalue weighted by Gasteiger charge is 2.13. The number of aromatic nitrogens is 3. The molecule has 8 nitrogen and oxygen atoms in total. The van der Waals surface area contributed by atoms with Crippen LogP contribution in [0.3, 0.4) is 0 Å². The zero-order valence-electron chi connectivity index (χ0n) is 16.3. The number of carbonyl (C=O) groups is 2. The van der Waals surface area contributed by atoms with E-state index >= 15 is 0 Å². The van der Waals surface area contributed by atoms with Gasteiger partial charge in [-0.2, -0.15) is 0 Å². The molecule has 32 heavy (non-hydrogen) atoms. The van der Waals surface area contributed by atoms with Crippen molar-refractivity contribution in [1.82, 2.24) is 19.9 Å². The van der Waals surface area contributed by atoms with Gasteiger partial charge in [-0.25, -0.2) is 14.3 Å². The molecule has 0 aliphatic carbocycles. The average molecular weight is 467 g/mol. The van der Waals surface area contributed by atoms with Crippen LogP contribution in [0.2, 0.25) is 5.02 Å². The average Bonchev–Trinajstić information content (AvgIpc) is 2.78. The van der Waals surface area contributed by atoms with Crippen molar-refractivity contribution in [3.05, 3.63) is 97.6 Å². The Morgan fingerprint density at radius 1 is 1.09 bits per heavy atom. The molecule has 0 radical (unpaired) electrons. The predicted molar refractivity (Wildman–Crippen MR) is 122 cm³/mol. The third-order valence-corrected chi connectivity index (χ3v) is 5.29. The van der Waals surface area contributed by atoms with Crippen LogP contribution in [-0.4, -0.2) is 31.5 Å². The maximum Gasteiger partial charge on any atom is 0.337 e. The minimum absolute atomic E-state index is 0.00765. The number of aromatic carboxylic acids is 1. The van der Waals surface area contributed by atoms with E-state index in [0.717, 1.165) is 11.8 Å². The van der Waals surface area contributed by atoms with E-state index in [0.29, 0.717) is 28.0 Å². The van der Waals surface area contributed by atoms with Gasteiger partial charge in [0, 0.05) is 23.3 Å². The number of carboxylic acids is 1. The highest BCUT2D eigenvalue weighted by atomic mass is 35.5. The topological polar surface area (TPSA) is 117 Å². The van der Waals surface area contributed by atoms with Crippen LogP contribution in [-0.2, 0) is 6.54 Å². The molecular formula is C22H15ClN4O4S. The second-order valence-corrected chi connectivity index (χ2v) is 7.67. The number of benzene rings is 2. The number of rotatable bonds is 5. The van der Waals surface area contributed by atoms with Crippen molar-refractivity contribution in [3.63, 3.8) is 0 Å². The predicted octanol–water partition coefficient (Wildman–Crippen LogP) is 3.72. The van der Waals surface area contributed by atoms with Gasteiger partial charge in [0.15, 0.2) is 4.77 Å². The Labute approximate surface area is 191 Å². The van der Waals surface area contributed by atoms with Crippen LogP contribution in [0, 0.1) is 4.77 Å². The van der Waals surface area contributed by atoms with Crippen LogP contribution in [0.4, 0.5) is 0 Å². The first kappa shape index (κ1) is 21.4. The number of hydrogen-bond donors (Lipinski definition) is 3. The number of carboxylic acid groups (broad SMARTS) is 1. The lowest BCUT2D eigenvalue weighted by molar-refractivity contribution is 0.0696. The molecule has 0 spiro atoms. The molecule has 0 aliphatic heterocycles. The maximum atomic E-state index is 13.0. The van der Waals surface area contributed by atoms with Crippen LogP contribution in [0.5, 0.6) is 0 Å². The van der Waals surface area contributed by atoms with Crippen molar-refractivity contribution in [1.29, 1.82) is 0 Å². The number of carbonyl (C=O) groups excluding carboxylic acids is 1. The number of nitrogens with zero attached hydrogens (tertiary/aromatic N) is 2. The van der Waals surface area contributed by atoms with Crippen LogP contribution < -0.4 is 10.9 Å². The van der Waals surface area contributed by atoms with E-state index in [1.165, 1.54) is 22.8 Å². The Balaban J connectivity index is 1.63. The van der Waals surface area contributed by atoms with E-state index in [9.17, 15) is 14.4 Å². The first-order valence-corrected chi connectivity index (χ1v) is 10.1. The van der Waals surface area contributed by atoms with Gasteiger partial charge in [0.2, 0.25) is 0 Å². The fourth-order valence-electron chi connectivity index (χ4n) is 3.10. The number of nitrogens with one attached hydrogen (secondary N) is 2. The second-order valence-electron chi connectivity index (χ2n) is 6.85. The van der Waals surface area contributed by atoms with Crippen molar-refractivity contribution in [2.45, 2.75) is 6.54 Å². The number of pyridine rings is 1. The summed E-state index contributed by atoms with van der Waals surface area (Å²) in [6.07, 6.45) is 1.15. The fourth-order valence-corrected chi connectivity index (χ4v) is 3.51. The van der Waals surface area contributed by atoms with Gasteiger partial charge in [0.25, 0.3) is 11.5 Å². The molecule has 4 rings (SSSR count). The number of halogens is 1. The van der Waals surface area contributed by atoms with E-state index in [1.54, 1.807) is 24.3 Å². The summed E-state index contributed by atoms with van der Waals surface area (Å²) in [5.74, 6) is -1.24. The Kier molecular flexibility index (Phi) is 5.85. The molecule has 10 heteroatoms. The van der Waals surface area contributed by atoms with E-state index in [4.69, 9.17) is 28.9 Å². The minimum atomic E-state index is -1.12. The lowest BCUT2D eigenvalue weighted by Gasteiger charge is -2.09. The first-order valence-electron chi connectivity index (χ1n) is 9.35. The van der Waals surface area contributed by atoms with E-state index in [-0.39, 0.29) is 22.1 Å². The van der Waals surface area contributed by atoms with Gasteiger partial charge in [-0.3, -0.25) is 9.59 Å². The van der Waals surface area contributed by atoms with Crippen LogP contribution in [0.1, 0.15) is 26.3 Å². The monoisotopic (exact) mass is 466 g/mol. The maximum absolute atomic E-state index is 13.0. The van der Waals surface area contributed by atoms with Crippen LogP contribution in [0.25, 0.3) is 16.7 Å². The summed E-state index contributed by atoms with van der Waals surface area (Å²) in [6.45, 7) is 0.323. The molecule has 0 aliphatic rings. The molecule has 0 unspecified atom stereocenters. The largest absolute Gasteiger partial charge is 0.478 e. The van der Waals surface area contributed by atoms with Gasteiger partial charge in [0.1, 0.15) is 5.82 Å². The molecule has 3 N–H and O–H groups in total. The number of fused-ring (bicyclic) bond motifs is 1. The molecule has 4 aromatic rings. The molecule has 2 heterocycles. The lowest BCUT2D eigenvalue weighted by atomic mass is 10.1. The first-order chi connectivity index (χ1) is 15.3. The Morgan fingerprint density at radius 3 is 2.47 bits per heavy atom. The molecule has 2 aromatic carbocycles. The summed E-state index contributed by atoms with van der Waals surface area (Å²) >= 11 is 11.2. The van der Waals surface area contributed by atoms with Gasteiger partial charge in [-0.1, -0.05) is 23.7 Å². The van der Waals surface area contributed by atoms with Crippen molar-refractivity contribution in [3.8, 4) is 5.82 Å². The summed E-state index contributed by atoms with van der Waals surface area (Å²) in [7, 11) is 0. The van der Waals surface area contributed by atoms with E-state index in [1.807, 2.05) is 12.1 Å². The highest BCUT2D eigenvalue weighted by molar-refractivity contribution is 7.71.